The van der Waals surface area contributed by atoms with Crippen LogP contribution in [-0.2, 0) is 6.54 Å². The number of fused-ring (bicyclic) bond motifs is 1. The molecule has 0 aliphatic rings. The predicted molar refractivity (Wildman–Crippen MR) is 92.5 cm³/mol. The van der Waals surface area contributed by atoms with E-state index >= 15 is 0 Å². The maximum atomic E-state index is 12.5. The summed E-state index contributed by atoms with van der Waals surface area (Å²) in [5, 5.41) is 7.67. The number of aromatic nitrogens is 5. The molecule has 1 N–H and O–H groups in total. The highest BCUT2D eigenvalue weighted by Crippen LogP contribution is 2.24. The van der Waals surface area contributed by atoms with Crippen LogP contribution in [0.1, 0.15) is 6.92 Å². The fourth-order valence-corrected chi connectivity index (χ4v) is 2.78. The van der Waals surface area contributed by atoms with Gasteiger partial charge in [0.1, 0.15) is 0 Å². The maximum Gasteiger partial charge on any atom is 0.348 e. The number of pyridine rings is 1. The van der Waals surface area contributed by atoms with Crippen molar-refractivity contribution in [1.29, 1.82) is 0 Å². The monoisotopic (exact) mass is 317 g/mol. The van der Waals surface area contributed by atoms with E-state index in [1.807, 2.05) is 49.4 Å². The highest BCUT2D eigenvalue weighted by atomic mass is 16.1. The minimum Gasteiger partial charge on any atom is -0.292 e. The van der Waals surface area contributed by atoms with Crippen molar-refractivity contribution in [3.05, 3.63) is 65.3 Å². The zero-order valence-corrected chi connectivity index (χ0v) is 13.1. The summed E-state index contributed by atoms with van der Waals surface area (Å²) >= 11 is 0. The van der Waals surface area contributed by atoms with Crippen molar-refractivity contribution in [3.63, 3.8) is 0 Å². The first-order valence-corrected chi connectivity index (χ1v) is 7.73. The molecule has 3 heterocycles. The van der Waals surface area contributed by atoms with Crippen molar-refractivity contribution in [2.24, 2.45) is 0 Å². The smallest absolute Gasteiger partial charge is 0.292 e. The summed E-state index contributed by atoms with van der Waals surface area (Å²) in [6, 6.07) is 13.7. The number of H-pyrrole nitrogens is 1. The van der Waals surface area contributed by atoms with Crippen molar-refractivity contribution < 1.29 is 0 Å². The molecule has 0 amide bonds. The van der Waals surface area contributed by atoms with E-state index < -0.39 is 0 Å². The van der Waals surface area contributed by atoms with Crippen LogP contribution in [0, 0.1) is 0 Å². The fraction of sp³-hybridized carbons (Fsp3) is 0.111. The van der Waals surface area contributed by atoms with Crippen LogP contribution in [0.25, 0.3) is 33.5 Å². The minimum absolute atomic E-state index is 0.263. The molecule has 0 fully saturated rings. The van der Waals surface area contributed by atoms with Crippen LogP contribution < -0.4 is 5.69 Å². The van der Waals surface area contributed by atoms with Crippen molar-refractivity contribution in [2.45, 2.75) is 13.5 Å². The molecule has 0 saturated heterocycles. The van der Waals surface area contributed by atoms with Crippen molar-refractivity contribution in [3.8, 4) is 22.5 Å². The first kappa shape index (κ1) is 14.3. The molecule has 0 aliphatic heterocycles. The van der Waals surface area contributed by atoms with E-state index in [1.54, 1.807) is 17.0 Å². The van der Waals surface area contributed by atoms with Gasteiger partial charge in [0.15, 0.2) is 5.65 Å². The molecule has 0 saturated carbocycles. The molecule has 0 spiro atoms. The Morgan fingerprint density at radius 2 is 1.92 bits per heavy atom. The lowest BCUT2D eigenvalue weighted by atomic mass is 10.1. The lowest BCUT2D eigenvalue weighted by Gasteiger charge is -2.12. The fourth-order valence-electron chi connectivity index (χ4n) is 2.78. The van der Waals surface area contributed by atoms with Gasteiger partial charge in [0.2, 0.25) is 0 Å². The van der Waals surface area contributed by atoms with Gasteiger partial charge in [0.25, 0.3) is 0 Å². The van der Waals surface area contributed by atoms with Gasteiger partial charge in [-0.1, -0.05) is 30.3 Å². The highest BCUT2D eigenvalue weighted by Gasteiger charge is 2.11. The number of hydrogen-bond donors (Lipinski definition) is 1. The topological polar surface area (TPSA) is 76.5 Å². The van der Waals surface area contributed by atoms with Gasteiger partial charge < -0.3 is 0 Å². The summed E-state index contributed by atoms with van der Waals surface area (Å²) in [6.07, 6.45) is 3.41. The van der Waals surface area contributed by atoms with E-state index in [1.165, 1.54) is 0 Å². The molecule has 118 valence electrons. The number of hydrogen-bond acceptors (Lipinski definition) is 4. The van der Waals surface area contributed by atoms with E-state index in [0.717, 1.165) is 22.2 Å². The van der Waals surface area contributed by atoms with E-state index in [0.29, 0.717) is 17.9 Å². The average molecular weight is 317 g/mol. The Bertz CT molecular complexity index is 1070. The number of nitrogens with zero attached hydrogens (tertiary/aromatic N) is 4. The molecular formula is C18H15N5O. The van der Waals surface area contributed by atoms with Crippen LogP contribution in [0.2, 0.25) is 0 Å². The van der Waals surface area contributed by atoms with E-state index in [2.05, 4.69) is 20.2 Å². The van der Waals surface area contributed by atoms with E-state index in [-0.39, 0.29) is 5.69 Å². The lowest BCUT2D eigenvalue weighted by molar-refractivity contribution is 0.709. The maximum absolute atomic E-state index is 12.5. The molecule has 4 rings (SSSR count). The molecule has 0 aliphatic carbocycles. The summed E-state index contributed by atoms with van der Waals surface area (Å²) in [4.78, 5) is 21.0. The summed E-state index contributed by atoms with van der Waals surface area (Å²) in [5.41, 5.74) is 3.68. The van der Waals surface area contributed by atoms with Crippen LogP contribution >= 0.6 is 0 Å². The molecule has 6 heteroatoms. The molecule has 0 radical (unpaired) electrons. The Labute approximate surface area is 137 Å². The van der Waals surface area contributed by atoms with Gasteiger partial charge >= 0.3 is 5.69 Å². The van der Waals surface area contributed by atoms with E-state index in [4.69, 9.17) is 0 Å². The van der Waals surface area contributed by atoms with Crippen LogP contribution in [0.4, 0.5) is 0 Å². The van der Waals surface area contributed by atoms with Crippen LogP contribution in [-0.4, -0.2) is 24.7 Å². The number of nitrogens with one attached hydrogen (secondary N) is 1. The Morgan fingerprint density at radius 1 is 1.08 bits per heavy atom. The zero-order valence-electron chi connectivity index (χ0n) is 13.1. The molecule has 1 aromatic carbocycles. The average Bonchev–Trinajstić information content (AvgIpc) is 3.09. The third-order valence-corrected chi connectivity index (χ3v) is 3.98. The molecule has 0 unspecified atom stereocenters. The van der Waals surface area contributed by atoms with Crippen molar-refractivity contribution >= 4 is 11.0 Å². The first-order valence-electron chi connectivity index (χ1n) is 7.73. The molecule has 6 nitrogen and oxygen atoms in total. The number of rotatable bonds is 3. The van der Waals surface area contributed by atoms with Gasteiger partial charge in [-0.15, -0.1) is 0 Å². The summed E-state index contributed by atoms with van der Waals surface area (Å²) < 4.78 is 1.67. The number of aromatic amines is 1. The Morgan fingerprint density at radius 3 is 2.71 bits per heavy atom. The standard InChI is InChI=1S/C18H15N5O/c1-2-23-16(12-6-4-3-5-7-12)9-15(21-18(23)24)13-8-14-11-20-22-17(14)19-10-13/h3-11H,2H2,1H3,(H,19,20,22). The predicted octanol–water partition coefficient (Wildman–Crippen LogP) is 2.87. The third-order valence-electron chi connectivity index (χ3n) is 3.98. The van der Waals surface area contributed by atoms with Crippen molar-refractivity contribution in [2.75, 3.05) is 0 Å². The number of benzene rings is 1. The lowest BCUT2D eigenvalue weighted by Crippen LogP contribution is -2.24. The summed E-state index contributed by atoms with van der Waals surface area (Å²) in [5.74, 6) is 0. The Hall–Kier alpha value is -3.28. The van der Waals surface area contributed by atoms with Crippen LogP contribution in [0.5, 0.6) is 0 Å². The van der Waals surface area contributed by atoms with E-state index in [9.17, 15) is 4.79 Å². The summed E-state index contributed by atoms with van der Waals surface area (Å²) in [7, 11) is 0. The first-order chi connectivity index (χ1) is 11.8. The second-order valence-electron chi connectivity index (χ2n) is 5.45. The van der Waals surface area contributed by atoms with Gasteiger partial charge in [-0.05, 0) is 24.6 Å². The van der Waals surface area contributed by atoms with Crippen LogP contribution in [0.3, 0.4) is 0 Å². The molecule has 24 heavy (non-hydrogen) atoms. The third kappa shape index (κ3) is 2.38. The Balaban J connectivity index is 1.93. The van der Waals surface area contributed by atoms with Gasteiger partial charge in [-0.3, -0.25) is 9.67 Å². The summed E-state index contributed by atoms with van der Waals surface area (Å²) in [6.45, 7) is 2.50. The molecule has 0 bridgehead atoms. The normalized spacial score (nSPS) is 11.0. The molecule has 3 aromatic heterocycles. The molecule has 0 atom stereocenters. The van der Waals surface area contributed by atoms with Gasteiger partial charge in [0.05, 0.1) is 17.6 Å². The second kappa shape index (κ2) is 5.73. The van der Waals surface area contributed by atoms with Crippen LogP contribution in [0.15, 0.2) is 59.7 Å². The van der Waals surface area contributed by atoms with Gasteiger partial charge in [-0.25, -0.2) is 9.78 Å². The second-order valence-corrected chi connectivity index (χ2v) is 5.45. The van der Waals surface area contributed by atoms with Gasteiger partial charge in [0, 0.05) is 23.7 Å². The minimum atomic E-state index is -0.263. The molecular weight excluding hydrogens is 302 g/mol. The quantitative estimate of drug-likeness (QED) is 0.630. The van der Waals surface area contributed by atoms with Crippen molar-refractivity contribution in [1.82, 2.24) is 24.7 Å². The largest absolute Gasteiger partial charge is 0.348 e. The zero-order chi connectivity index (χ0) is 16.5. The Kier molecular flexibility index (Phi) is 3.42. The highest BCUT2D eigenvalue weighted by molar-refractivity contribution is 5.80. The SMILES string of the molecule is CCn1c(-c2ccccc2)cc(-c2cnc3[nH]ncc3c2)nc1=O. The molecule has 4 aromatic rings. The van der Waals surface area contributed by atoms with Gasteiger partial charge in [-0.2, -0.15) is 10.1 Å².